The molecule has 2 heteroatoms. The summed E-state index contributed by atoms with van der Waals surface area (Å²) in [5, 5.41) is 3.02. The average molecular weight is 181 g/mol. The number of rotatable bonds is 3. The van der Waals surface area contributed by atoms with Gasteiger partial charge in [0.1, 0.15) is 0 Å². The normalized spacial score (nSPS) is 36.5. The monoisotopic (exact) mass is 181 g/mol. The summed E-state index contributed by atoms with van der Waals surface area (Å²) in [5.41, 5.74) is 0. The van der Waals surface area contributed by atoms with E-state index < -0.39 is 0 Å². The Hall–Kier alpha value is -0.530. The van der Waals surface area contributed by atoms with Gasteiger partial charge in [0, 0.05) is 12.5 Å². The maximum Gasteiger partial charge on any atom is 0.223 e. The SMILES string of the molecule is CCCNC(=O)[C@H]1CC2CC[C@@H]1C2. The Morgan fingerprint density at radius 3 is 2.77 bits per heavy atom. The van der Waals surface area contributed by atoms with Crippen molar-refractivity contribution in [1.29, 1.82) is 0 Å². The van der Waals surface area contributed by atoms with Crippen LogP contribution in [0.1, 0.15) is 39.0 Å². The van der Waals surface area contributed by atoms with Gasteiger partial charge in [0.15, 0.2) is 0 Å². The molecule has 2 bridgehead atoms. The van der Waals surface area contributed by atoms with E-state index in [1.807, 2.05) is 0 Å². The van der Waals surface area contributed by atoms with Crippen LogP contribution in [0.15, 0.2) is 0 Å². The maximum absolute atomic E-state index is 11.7. The van der Waals surface area contributed by atoms with Crippen molar-refractivity contribution in [3.8, 4) is 0 Å². The van der Waals surface area contributed by atoms with Crippen molar-refractivity contribution in [3.05, 3.63) is 0 Å². The molecule has 0 aromatic rings. The topological polar surface area (TPSA) is 29.1 Å². The second kappa shape index (κ2) is 3.69. The summed E-state index contributed by atoms with van der Waals surface area (Å²) in [6.07, 6.45) is 6.22. The molecule has 2 aliphatic rings. The molecule has 13 heavy (non-hydrogen) atoms. The molecule has 74 valence electrons. The molecule has 1 N–H and O–H groups in total. The number of carbonyl (C=O) groups excluding carboxylic acids is 1. The predicted molar refractivity (Wildman–Crippen MR) is 52.2 cm³/mol. The summed E-state index contributed by atoms with van der Waals surface area (Å²) >= 11 is 0. The predicted octanol–water partition coefficient (Wildman–Crippen LogP) is 1.95. The molecule has 0 spiro atoms. The first-order valence-electron chi connectivity index (χ1n) is 5.59. The molecule has 0 heterocycles. The van der Waals surface area contributed by atoms with E-state index in [9.17, 15) is 4.79 Å². The second-order valence-electron chi connectivity index (χ2n) is 4.57. The lowest BCUT2D eigenvalue weighted by molar-refractivity contribution is -0.126. The van der Waals surface area contributed by atoms with Gasteiger partial charge in [-0.25, -0.2) is 0 Å². The third-order valence-electron chi connectivity index (χ3n) is 3.62. The smallest absolute Gasteiger partial charge is 0.223 e. The van der Waals surface area contributed by atoms with E-state index in [-0.39, 0.29) is 0 Å². The third-order valence-corrected chi connectivity index (χ3v) is 3.62. The first kappa shape index (κ1) is 9.04. The standard InChI is InChI=1S/C11H19NO/c1-2-5-12-11(13)10-7-8-3-4-9(10)6-8/h8-10H,2-7H2,1H3,(H,12,13)/t8?,9-,10+/m1/s1. The highest BCUT2D eigenvalue weighted by molar-refractivity contribution is 5.79. The van der Waals surface area contributed by atoms with Crippen molar-refractivity contribution >= 4 is 5.91 Å². The van der Waals surface area contributed by atoms with E-state index in [1.54, 1.807) is 0 Å². The Morgan fingerprint density at radius 1 is 1.38 bits per heavy atom. The van der Waals surface area contributed by atoms with Gasteiger partial charge in [0.2, 0.25) is 5.91 Å². The van der Waals surface area contributed by atoms with E-state index in [1.165, 1.54) is 25.7 Å². The number of fused-ring (bicyclic) bond motifs is 2. The molecule has 0 aromatic heterocycles. The lowest BCUT2D eigenvalue weighted by atomic mass is 9.88. The summed E-state index contributed by atoms with van der Waals surface area (Å²) < 4.78 is 0. The Bertz CT molecular complexity index is 202. The highest BCUT2D eigenvalue weighted by Gasteiger charge is 2.42. The van der Waals surface area contributed by atoms with E-state index in [0.717, 1.165) is 24.8 Å². The van der Waals surface area contributed by atoms with Crippen LogP contribution in [0.4, 0.5) is 0 Å². The highest BCUT2D eigenvalue weighted by atomic mass is 16.1. The molecule has 0 aromatic carbocycles. The molecule has 2 rings (SSSR count). The van der Waals surface area contributed by atoms with Crippen molar-refractivity contribution in [2.45, 2.75) is 39.0 Å². The van der Waals surface area contributed by atoms with Crippen LogP contribution in [0.2, 0.25) is 0 Å². The number of hydrogen-bond donors (Lipinski definition) is 1. The van der Waals surface area contributed by atoms with Crippen molar-refractivity contribution in [3.63, 3.8) is 0 Å². The van der Waals surface area contributed by atoms with Gasteiger partial charge in [-0.15, -0.1) is 0 Å². The van der Waals surface area contributed by atoms with Crippen molar-refractivity contribution in [2.24, 2.45) is 17.8 Å². The first-order chi connectivity index (χ1) is 6.31. The zero-order valence-electron chi connectivity index (χ0n) is 8.38. The molecular weight excluding hydrogens is 162 g/mol. The lowest BCUT2D eigenvalue weighted by Gasteiger charge is -2.20. The minimum Gasteiger partial charge on any atom is -0.356 e. The van der Waals surface area contributed by atoms with Gasteiger partial charge >= 0.3 is 0 Å². The summed E-state index contributed by atoms with van der Waals surface area (Å²) in [4.78, 5) is 11.7. The van der Waals surface area contributed by atoms with E-state index >= 15 is 0 Å². The van der Waals surface area contributed by atoms with Crippen LogP contribution in [0.5, 0.6) is 0 Å². The lowest BCUT2D eigenvalue weighted by Crippen LogP contribution is -2.33. The summed E-state index contributed by atoms with van der Waals surface area (Å²) in [5.74, 6) is 2.29. The summed E-state index contributed by atoms with van der Waals surface area (Å²) in [6, 6.07) is 0. The molecule has 2 nitrogen and oxygen atoms in total. The molecule has 2 aliphatic carbocycles. The molecule has 0 radical (unpaired) electrons. The molecule has 2 fully saturated rings. The Labute approximate surface area is 80.1 Å². The third kappa shape index (κ3) is 1.72. The molecule has 0 saturated heterocycles. The molecule has 1 unspecified atom stereocenters. The minimum absolute atomic E-state index is 0.328. The van der Waals surface area contributed by atoms with Crippen LogP contribution >= 0.6 is 0 Å². The fourth-order valence-electron chi connectivity index (χ4n) is 2.95. The van der Waals surface area contributed by atoms with Gasteiger partial charge in [-0.3, -0.25) is 4.79 Å². The van der Waals surface area contributed by atoms with Crippen molar-refractivity contribution in [1.82, 2.24) is 5.32 Å². The fourth-order valence-corrected chi connectivity index (χ4v) is 2.95. The Balaban J connectivity index is 1.84. The highest BCUT2D eigenvalue weighted by Crippen LogP contribution is 2.48. The molecule has 1 amide bonds. The van der Waals surface area contributed by atoms with Crippen molar-refractivity contribution in [2.75, 3.05) is 6.54 Å². The van der Waals surface area contributed by atoms with Crippen LogP contribution in [0.3, 0.4) is 0 Å². The molecular formula is C11H19NO. The van der Waals surface area contributed by atoms with Crippen LogP contribution in [-0.2, 0) is 4.79 Å². The number of nitrogens with one attached hydrogen (secondary N) is 1. The molecule has 3 atom stereocenters. The number of amides is 1. The van der Waals surface area contributed by atoms with Gasteiger partial charge in [-0.1, -0.05) is 13.3 Å². The van der Waals surface area contributed by atoms with Gasteiger partial charge < -0.3 is 5.32 Å². The zero-order chi connectivity index (χ0) is 9.26. The van der Waals surface area contributed by atoms with Gasteiger partial charge in [-0.05, 0) is 37.5 Å². The van der Waals surface area contributed by atoms with Crippen LogP contribution < -0.4 is 5.32 Å². The van der Waals surface area contributed by atoms with Gasteiger partial charge in [0.25, 0.3) is 0 Å². The quantitative estimate of drug-likeness (QED) is 0.708. The maximum atomic E-state index is 11.7. The Kier molecular flexibility index (Phi) is 2.56. The van der Waals surface area contributed by atoms with Gasteiger partial charge in [-0.2, -0.15) is 0 Å². The summed E-state index contributed by atoms with van der Waals surface area (Å²) in [7, 11) is 0. The molecule has 2 saturated carbocycles. The largest absolute Gasteiger partial charge is 0.356 e. The minimum atomic E-state index is 0.328. The van der Waals surface area contributed by atoms with Crippen LogP contribution in [0, 0.1) is 17.8 Å². The second-order valence-corrected chi connectivity index (χ2v) is 4.57. The van der Waals surface area contributed by atoms with E-state index in [0.29, 0.717) is 11.8 Å². The number of hydrogen-bond acceptors (Lipinski definition) is 1. The van der Waals surface area contributed by atoms with Crippen molar-refractivity contribution < 1.29 is 4.79 Å². The van der Waals surface area contributed by atoms with Crippen LogP contribution in [0.25, 0.3) is 0 Å². The first-order valence-corrected chi connectivity index (χ1v) is 5.59. The van der Waals surface area contributed by atoms with E-state index in [2.05, 4.69) is 12.2 Å². The number of carbonyl (C=O) groups is 1. The van der Waals surface area contributed by atoms with Crippen LogP contribution in [-0.4, -0.2) is 12.5 Å². The Morgan fingerprint density at radius 2 is 2.23 bits per heavy atom. The average Bonchev–Trinajstić information content (AvgIpc) is 2.74. The summed E-state index contributed by atoms with van der Waals surface area (Å²) in [6.45, 7) is 2.95. The fraction of sp³-hybridized carbons (Fsp3) is 0.909. The molecule has 0 aliphatic heterocycles. The zero-order valence-corrected chi connectivity index (χ0v) is 8.38. The van der Waals surface area contributed by atoms with Gasteiger partial charge in [0.05, 0.1) is 0 Å². The van der Waals surface area contributed by atoms with E-state index in [4.69, 9.17) is 0 Å².